The second-order valence-electron chi connectivity index (χ2n) is 8.43. The average Bonchev–Trinajstić information content (AvgIpc) is 2.89. The molecule has 39 heavy (non-hydrogen) atoms. The van der Waals surface area contributed by atoms with E-state index < -0.39 is 56.9 Å². The average molecular weight is 602 g/mol. The van der Waals surface area contributed by atoms with Crippen molar-refractivity contribution in [1.29, 1.82) is 0 Å². The smallest absolute Gasteiger partial charge is 0.357 e. The molecule has 0 aliphatic rings. The van der Waals surface area contributed by atoms with Gasteiger partial charge in [0.15, 0.2) is 0 Å². The van der Waals surface area contributed by atoms with E-state index in [1.807, 2.05) is 0 Å². The molecule has 0 heterocycles. The Morgan fingerprint density at radius 1 is 0.974 bits per heavy atom. The monoisotopic (exact) mass is 601 g/mol. The maximum absolute atomic E-state index is 13.7. The highest BCUT2D eigenvalue weighted by Crippen LogP contribution is 2.38. The number of carbonyl (C=O) groups excluding carboxylic acids is 2. The number of alkyl halides is 3. The van der Waals surface area contributed by atoms with Gasteiger partial charge in [-0.25, -0.2) is 8.42 Å². The van der Waals surface area contributed by atoms with Gasteiger partial charge in [0.05, 0.1) is 21.2 Å². The van der Waals surface area contributed by atoms with Crippen molar-refractivity contribution in [2.45, 2.75) is 30.6 Å². The van der Waals surface area contributed by atoms with Crippen LogP contribution in [-0.4, -0.2) is 44.8 Å². The summed E-state index contributed by atoms with van der Waals surface area (Å²) in [5, 5.41) is 2.18. The van der Waals surface area contributed by atoms with E-state index in [0.717, 1.165) is 17.0 Å². The van der Waals surface area contributed by atoms with Crippen molar-refractivity contribution in [1.82, 2.24) is 10.2 Å². The van der Waals surface area contributed by atoms with Crippen LogP contribution in [0.25, 0.3) is 0 Å². The highest BCUT2D eigenvalue weighted by Gasteiger charge is 2.36. The molecule has 1 unspecified atom stereocenters. The van der Waals surface area contributed by atoms with Crippen LogP contribution >= 0.6 is 23.2 Å². The fourth-order valence-electron chi connectivity index (χ4n) is 3.76. The molecule has 0 bridgehead atoms. The van der Waals surface area contributed by atoms with Crippen LogP contribution in [0.2, 0.25) is 10.0 Å². The second kappa shape index (κ2) is 12.3. The number of sulfonamides is 1. The Bertz CT molecular complexity index is 1450. The number of halogens is 5. The Hall–Kier alpha value is -3.28. The fourth-order valence-corrected chi connectivity index (χ4v) is 5.62. The van der Waals surface area contributed by atoms with Crippen molar-refractivity contribution in [2.75, 3.05) is 17.9 Å². The molecule has 7 nitrogen and oxygen atoms in total. The van der Waals surface area contributed by atoms with E-state index in [0.29, 0.717) is 21.0 Å². The summed E-state index contributed by atoms with van der Waals surface area (Å²) in [6, 6.07) is 15.0. The first-order chi connectivity index (χ1) is 18.3. The summed E-state index contributed by atoms with van der Waals surface area (Å²) in [6.45, 7) is 0.418. The normalized spacial score (nSPS) is 12.5. The lowest BCUT2D eigenvalue weighted by Crippen LogP contribution is -2.50. The third-order valence-electron chi connectivity index (χ3n) is 5.81. The number of amides is 2. The molecule has 0 radical (unpaired) electrons. The van der Waals surface area contributed by atoms with Gasteiger partial charge in [0, 0.05) is 18.6 Å². The van der Waals surface area contributed by atoms with Gasteiger partial charge in [-0.05, 0) is 55.0 Å². The molecule has 0 spiro atoms. The number of hydrogen-bond acceptors (Lipinski definition) is 4. The summed E-state index contributed by atoms with van der Waals surface area (Å²) < 4.78 is 68.7. The molecular weight excluding hydrogens is 578 g/mol. The number of anilines is 1. The summed E-state index contributed by atoms with van der Waals surface area (Å²) in [7, 11) is -3.16. The number of rotatable bonds is 9. The van der Waals surface area contributed by atoms with Gasteiger partial charge in [0.2, 0.25) is 11.8 Å². The zero-order chi connectivity index (χ0) is 29.0. The molecule has 0 aliphatic carbocycles. The Labute approximate surface area is 234 Å². The topological polar surface area (TPSA) is 86.8 Å². The van der Waals surface area contributed by atoms with Crippen LogP contribution in [0.4, 0.5) is 18.9 Å². The number of hydrogen-bond donors (Lipinski definition) is 1. The SMILES string of the molecule is CNC(=O)C(C)N(Cc1cccc(Cl)c1)C(=O)CN(c1ccc(Cl)c(C(F)(F)F)c1)S(=O)(=O)c1ccccc1. The highest BCUT2D eigenvalue weighted by molar-refractivity contribution is 7.92. The molecule has 3 aromatic rings. The first-order valence-electron chi connectivity index (χ1n) is 11.5. The molecule has 3 rings (SSSR count). The van der Waals surface area contributed by atoms with Crippen molar-refractivity contribution in [3.8, 4) is 0 Å². The number of likely N-dealkylation sites (N-methyl/N-ethyl adjacent to an activating group) is 1. The van der Waals surface area contributed by atoms with Gasteiger partial charge in [-0.1, -0.05) is 53.5 Å². The first kappa shape index (κ1) is 30.3. The molecule has 0 fully saturated rings. The lowest BCUT2D eigenvalue weighted by atomic mass is 10.1. The summed E-state index contributed by atoms with van der Waals surface area (Å²) >= 11 is 11.8. The van der Waals surface area contributed by atoms with Gasteiger partial charge in [-0.15, -0.1) is 0 Å². The molecular formula is C26H24Cl2F3N3O4S. The van der Waals surface area contributed by atoms with Crippen LogP contribution in [0.15, 0.2) is 77.7 Å². The van der Waals surface area contributed by atoms with E-state index >= 15 is 0 Å². The molecule has 3 aromatic carbocycles. The molecule has 0 aromatic heterocycles. The lowest BCUT2D eigenvalue weighted by molar-refractivity contribution is -0.139. The van der Waals surface area contributed by atoms with Crippen LogP contribution in [0.3, 0.4) is 0 Å². The number of benzene rings is 3. The fraction of sp³-hybridized carbons (Fsp3) is 0.231. The van der Waals surface area contributed by atoms with Gasteiger partial charge in [-0.3, -0.25) is 13.9 Å². The third kappa shape index (κ3) is 7.23. The Morgan fingerprint density at radius 2 is 1.64 bits per heavy atom. The van der Waals surface area contributed by atoms with Crippen molar-refractivity contribution < 1.29 is 31.2 Å². The second-order valence-corrected chi connectivity index (χ2v) is 11.1. The first-order valence-corrected chi connectivity index (χ1v) is 13.7. The van der Waals surface area contributed by atoms with E-state index in [4.69, 9.17) is 23.2 Å². The molecule has 0 saturated carbocycles. The van der Waals surface area contributed by atoms with Gasteiger partial charge >= 0.3 is 6.18 Å². The zero-order valence-corrected chi connectivity index (χ0v) is 23.1. The van der Waals surface area contributed by atoms with Gasteiger partial charge in [0.1, 0.15) is 12.6 Å². The van der Waals surface area contributed by atoms with Gasteiger partial charge in [-0.2, -0.15) is 13.2 Å². The Balaban J connectivity index is 2.11. The van der Waals surface area contributed by atoms with Crippen molar-refractivity contribution >= 4 is 50.7 Å². The molecule has 1 atom stereocenters. The lowest BCUT2D eigenvalue weighted by Gasteiger charge is -2.32. The Morgan fingerprint density at radius 3 is 2.23 bits per heavy atom. The summed E-state index contributed by atoms with van der Waals surface area (Å²) in [6.07, 6.45) is -4.88. The van der Waals surface area contributed by atoms with E-state index in [-0.39, 0.29) is 11.4 Å². The molecule has 1 N–H and O–H groups in total. The molecule has 208 valence electrons. The maximum Gasteiger partial charge on any atom is 0.417 e. The standard InChI is InChI=1S/C26H24Cl2F3N3O4S/c1-17(25(36)32-2)33(15-18-7-6-8-19(27)13-18)24(35)16-34(39(37,38)21-9-4-3-5-10-21)20-11-12-23(28)22(14-20)26(29,30)31/h3-14,17H,15-16H2,1-2H3,(H,32,36). The number of nitrogens with one attached hydrogen (secondary N) is 1. The minimum atomic E-state index is -4.88. The minimum Gasteiger partial charge on any atom is -0.357 e. The predicted molar refractivity (Wildman–Crippen MR) is 143 cm³/mol. The zero-order valence-electron chi connectivity index (χ0n) is 20.7. The van der Waals surface area contributed by atoms with E-state index in [1.54, 1.807) is 30.3 Å². The summed E-state index contributed by atoms with van der Waals surface area (Å²) in [5.74, 6) is -1.37. The summed E-state index contributed by atoms with van der Waals surface area (Å²) in [4.78, 5) is 27.0. The quantitative estimate of drug-likeness (QED) is 0.357. The third-order valence-corrected chi connectivity index (χ3v) is 8.16. The Kier molecular flexibility index (Phi) is 9.52. The molecule has 0 saturated heterocycles. The van der Waals surface area contributed by atoms with Crippen LogP contribution in [0, 0.1) is 0 Å². The predicted octanol–water partition coefficient (Wildman–Crippen LogP) is 5.37. The van der Waals surface area contributed by atoms with Gasteiger partial charge < -0.3 is 10.2 Å². The van der Waals surface area contributed by atoms with E-state index in [1.165, 1.54) is 38.2 Å². The number of carbonyl (C=O) groups is 2. The van der Waals surface area contributed by atoms with Crippen molar-refractivity contribution in [2.24, 2.45) is 0 Å². The summed E-state index contributed by atoms with van der Waals surface area (Å²) in [5.41, 5.74) is -1.15. The van der Waals surface area contributed by atoms with Crippen LogP contribution in [-0.2, 0) is 32.3 Å². The minimum absolute atomic E-state index is 0.123. The van der Waals surface area contributed by atoms with Gasteiger partial charge in [0.25, 0.3) is 10.0 Å². The van der Waals surface area contributed by atoms with E-state index in [2.05, 4.69) is 5.32 Å². The number of nitrogens with zero attached hydrogens (tertiary/aromatic N) is 2. The van der Waals surface area contributed by atoms with Crippen LogP contribution in [0.5, 0.6) is 0 Å². The maximum atomic E-state index is 13.7. The molecule has 0 aliphatic heterocycles. The van der Waals surface area contributed by atoms with Crippen LogP contribution in [0.1, 0.15) is 18.1 Å². The molecule has 2 amide bonds. The molecule has 13 heteroatoms. The van der Waals surface area contributed by atoms with Crippen molar-refractivity contribution in [3.05, 3.63) is 94.0 Å². The largest absolute Gasteiger partial charge is 0.417 e. The highest BCUT2D eigenvalue weighted by atomic mass is 35.5. The van der Waals surface area contributed by atoms with Crippen LogP contribution < -0.4 is 9.62 Å². The van der Waals surface area contributed by atoms with Crippen molar-refractivity contribution in [3.63, 3.8) is 0 Å². The van der Waals surface area contributed by atoms with E-state index in [9.17, 15) is 31.2 Å².